The molecule has 0 aliphatic carbocycles. The number of thioether (sulfide) groups is 1. The molecule has 0 radical (unpaired) electrons. The average Bonchev–Trinajstić information content (AvgIpc) is 2.67. The number of nitrogens with zero attached hydrogens (tertiary/aromatic N) is 2. The minimum absolute atomic E-state index is 0.0314. The molecule has 2 aromatic rings. The van der Waals surface area contributed by atoms with Gasteiger partial charge in [-0.3, -0.25) is 14.9 Å². The molecule has 2 aromatic carbocycles. The van der Waals surface area contributed by atoms with E-state index in [4.69, 9.17) is 9.47 Å². The third-order valence-corrected chi connectivity index (χ3v) is 5.05. The lowest BCUT2D eigenvalue weighted by Crippen LogP contribution is -2.32. The van der Waals surface area contributed by atoms with Crippen LogP contribution in [0, 0.1) is 10.1 Å². The number of nitro benzene ring substituents is 1. The monoisotopic (exact) mass is 390 g/mol. The molecule has 0 spiro atoms. The maximum Gasteiger partial charge on any atom is 0.269 e. The first-order chi connectivity index (χ1) is 12.8. The van der Waals surface area contributed by atoms with E-state index >= 15 is 0 Å². The fourth-order valence-electron chi connectivity index (χ4n) is 2.54. The lowest BCUT2D eigenvalue weighted by molar-refractivity contribution is -0.384. The van der Waals surface area contributed by atoms with E-state index in [1.807, 2.05) is 25.1 Å². The standard InChI is InChI=1S/C19H22N2O5S/c1-13(27-16-8-6-15(7-9-16)21(23)24)19(22)20(2)12-14-5-10-17(25-3)18(11-14)26-4/h5-11,13H,12H2,1-4H3. The van der Waals surface area contributed by atoms with Crippen LogP contribution in [-0.2, 0) is 11.3 Å². The maximum absolute atomic E-state index is 12.6. The van der Waals surface area contributed by atoms with Gasteiger partial charge in [-0.05, 0) is 36.8 Å². The number of carbonyl (C=O) groups excluding carboxylic acids is 1. The van der Waals surface area contributed by atoms with Crippen molar-refractivity contribution in [2.75, 3.05) is 21.3 Å². The largest absolute Gasteiger partial charge is 0.493 e. The van der Waals surface area contributed by atoms with Gasteiger partial charge in [-0.1, -0.05) is 6.07 Å². The topological polar surface area (TPSA) is 81.9 Å². The summed E-state index contributed by atoms with van der Waals surface area (Å²) in [5.41, 5.74) is 0.958. The highest BCUT2D eigenvalue weighted by Crippen LogP contribution is 2.29. The molecule has 8 heteroatoms. The third-order valence-electron chi connectivity index (χ3n) is 3.95. The second-order valence-electron chi connectivity index (χ2n) is 5.89. The molecule has 0 saturated carbocycles. The number of hydrogen-bond donors (Lipinski definition) is 0. The Kier molecular flexibility index (Phi) is 7.06. The van der Waals surface area contributed by atoms with Crippen LogP contribution in [0.4, 0.5) is 5.69 Å². The number of amides is 1. The Morgan fingerprint density at radius 3 is 2.33 bits per heavy atom. The van der Waals surface area contributed by atoms with Gasteiger partial charge in [0.2, 0.25) is 5.91 Å². The van der Waals surface area contributed by atoms with Gasteiger partial charge in [0, 0.05) is 30.6 Å². The van der Waals surface area contributed by atoms with Crippen molar-refractivity contribution < 1.29 is 19.2 Å². The highest BCUT2D eigenvalue weighted by molar-refractivity contribution is 8.00. The summed E-state index contributed by atoms with van der Waals surface area (Å²) < 4.78 is 10.5. The Morgan fingerprint density at radius 2 is 1.78 bits per heavy atom. The van der Waals surface area contributed by atoms with E-state index in [9.17, 15) is 14.9 Å². The molecule has 0 bridgehead atoms. The molecule has 0 aromatic heterocycles. The zero-order valence-electron chi connectivity index (χ0n) is 15.7. The second kappa shape index (κ2) is 9.27. The minimum Gasteiger partial charge on any atom is -0.493 e. The average molecular weight is 390 g/mol. The summed E-state index contributed by atoms with van der Waals surface area (Å²) in [4.78, 5) is 25.4. The number of carbonyl (C=O) groups is 1. The molecular formula is C19H22N2O5S. The summed E-state index contributed by atoms with van der Waals surface area (Å²) in [5, 5.41) is 10.4. The van der Waals surface area contributed by atoms with Crippen molar-refractivity contribution in [2.45, 2.75) is 23.6 Å². The van der Waals surface area contributed by atoms with E-state index in [0.29, 0.717) is 18.0 Å². The van der Waals surface area contributed by atoms with Crippen LogP contribution >= 0.6 is 11.8 Å². The molecule has 1 atom stereocenters. The van der Waals surface area contributed by atoms with Gasteiger partial charge in [-0.25, -0.2) is 0 Å². The van der Waals surface area contributed by atoms with Crippen molar-refractivity contribution >= 4 is 23.4 Å². The van der Waals surface area contributed by atoms with E-state index in [2.05, 4.69) is 0 Å². The van der Waals surface area contributed by atoms with Crippen LogP contribution in [0.1, 0.15) is 12.5 Å². The maximum atomic E-state index is 12.6. The molecule has 0 heterocycles. The van der Waals surface area contributed by atoms with Crippen molar-refractivity contribution in [3.05, 3.63) is 58.1 Å². The van der Waals surface area contributed by atoms with Crippen molar-refractivity contribution in [3.8, 4) is 11.5 Å². The Bertz CT molecular complexity index is 810. The Morgan fingerprint density at radius 1 is 1.15 bits per heavy atom. The van der Waals surface area contributed by atoms with Gasteiger partial charge in [0.25, 0.3) is 5.69 Å². The van der Waals surface area contributed by atoms with Gasteiger partial charge in [-0.2, -0.15) is 0 Å². The van der Waals surface area contributed by atoms with E-state index < -0.39 is 4.92 Å². The SMILES string of the molecule is COc1ccc(CN(C)C(=O)C(C)Sc2ccc([N+](=O)[O-])cc2)cc1OC. The number of rotatable bonds is 8. The van der Waals surface area contributed by atoms with Gasteiger partial charge in [0.15, 0.2) is 11.5 Å². The smallest absolute Gasteiger partial charge is 0.269 e. The molecule has 0 N–H and O–H groups in total. The molecule has 2 rings (SSSR count). The molecule has 1 amide bonds. The summed E-state index contributed by atoms with van der Waals surface area (Å²) in [5.74, 6) is 1.22. The Hall–Kier alpha value is -2.74. The minimum atomic E-state index is -0.445. The molecule has 0 saturated heterocycles. The Balaban J connectivity index is 2.00. The molecule has 7 nitrogen and oxygen atoms in total. The molecule has 0 fully saturated rings. The molecule has 144 valence electrons. The van der Waals surface area contributed by atoms with Crippen LogP contribution in [0.15, 0.2) is 47.4 Å². The first kappa shape index (κ1) is 20.6. The van der Waals surface area contributed by atoms with Crippen LogP contribution in [0.25, 0.3) is 0 Å². The first-order valence-corrected chi connectivity index (χ1v) is 9.10. The van der Waals surface area contributed by atoms with Crippen LogP contribution < -0.4 is 9.47 Å². The summed E-state index contributed by atoms with van der Waals surface area (Å²) in [7, 11) is 4.88. The quantitative estimate of drug-likeness (QED) is 0.388. The van der Waals surface area contributed by atoms with Gasteiger partial charge in [-0.15, -0.1) is 11.8 Å². The molecular weight excluding hydrogens is 368 g/mol. The number of nitro groups is 1. The third kappa shape index (κ3) is 5.37. The Labute approximate surface area is 162 Å². The fourth-order valence-corrected chi connectivity index (χ4v) is 3.52. The number of benzene rings is 2. The van der Waals surface area contributed by atoms with Crippen LogP contribution in [0.5, 0.6) is 11.5 Å². The van der Waals surface area contributed by atoms with Gasteiger partial charge in [0.1, 0.15) is 0 Å². The highest BCUT2D eigenvalue weighted by atomic mass is 32.2. The van der Waals surface area contributed by atoms with Gasteiger partial charge >= 0.3 is 0 Å². The predicted molar refractivity (Wildman–Crippen MR) is 104 cm³/mol. The van der Waals surface area contributed by atoms with Crippen molar-refractivity contribution in [1.82, 2.24) is 4.90 Å². The van der Waals surface area contributed by atoms with E-state index in [1.165, 1.54) is 23.9 Å². The summed E-state index contributed by atoms with van der Waals surface area (Å²) in [6.45, 7) is 2.25. The van der Waals surface area contributed by atoms with Crippen LogP contribution in [0.2, 0.25) is 0 Å². The molecule has 0 aliphatic heterocycles. The van der Waals surface area contributed by atoms with Crippen LogP contribution in [0.3, 0.4) is 0 Å². The van der Waals surface area contributed by atoms with E-state index in [0.717, 1.165) is 10.5 Å². The van der Waals surface area contributed by atoms with Gasteiger partial charge in [0.05, 0.1) is 24.4 Å². The summed E-state index contributed by atoms with van der Waals surface area (Å²) in [6.07, 6.45) is 0. The summed E-state index contributed by atoms with van der Waals surface area (Å²) >= 11 is 1.37. The van der Waals surface area contributed by atoms with E-state index in [1.54, 1.807) is 38.3 Å². The second-order valence-corrected chi connectivity index (χ2v) is 7.31. The van der Waals surface area contributed by atoms with Gasteiger partial charge < -0.3 is 14.4 Å². The molecule has 27 heavy (non-hydrogen) atoms. The highest BCUT2D eigenvalue weighted by Gasteiger charge is 2.20. The zero-order valence-corrected chi connectivity index (χ0v) is 16.5. The molecule has 0 aliphatic rings. The van der Waals surface area contributed by atoms with Crippen molar-refractivity contribution in [1.29, 1.82) is 0 Å². The lowest BCUT2D eigenvalue weighted by Gasteiger charge is -2.22. The zero-order chi connectivity index (χ0) is 20.0. The van der Waals surface area contributed by atoms with Crippen molar-refractivity contribution in [3.63, 3.8) is 0 Å². The fraction of sp³-hybridized carbons (Fsp3) is 0.316. The first-order valence-electron chi connectivity index (χ1n) is 8.22. The van der Waals surface area contributed by atoms with Crippen molar-refractivity contribution in [2.24, 2.45) is 0 Å². The van der Waals surface area contributed by atoms with Crippen LogP contribution in [-0.4, -0.2) is 42.2 Å². The number of ether oxygens (including phenoxy) is 2. The lowest BCUT2D eigenvalue weighted by atomic mass is 10.2. The summed E-state index contributed by atoms with van der Waals surface area (Å²) in [6, 6.07) is 11.7. The number of methoxy groups -OCH3 is 2. The normalized spacial score (nSPS) is 11.6. The predicted octanol–water partition coefficient (Wildman–Crippen LogP) is 3.75. The number of hydrogen-bond acceptors (Lipinski definition) is 6. The molecule has 1 unspecified atom stereocenters. The van der Waals surface area contributed by atoms with E-state index in [-0.39, 0.29) is 16.8 Å². The number of non-ortho nitro benzene ring substituents is 1.